The summed E-state index contributed by atoms with van der Waals surface area (Å²) < 4.78 is 5.55. The molecule has 1 atom stereocenters. The van der Waals surface area contributed by atoms with Gasteiger partial charge in [0.25, 0.3) is 0 Å². The van der Waals surface area contributed by atoms with Gasteiger partial charge in [-0.25, -0.2) is 0 Å². The number of amides is 1. The molecule has 0 bridgehead atoms. The van der Waals surface area contributed by atoms with Crippen molar-refractivity contribution in [3.63, 3.8) is 0 Å². The molecule has 0 fully saturated rings. The van der Waals surface area contributed by atoms with Gasteiger partial charge in [-0.15, -0.1) is 0 Å². The van der Waals surface area contributed by atoms with Gasteiger partial charge in [0, 0.05) is 19.0 Å². The number of para-hydroxylation sites is 1. The van der Waals surface area contributed by atoms with E-state index in [1.807, 2.05) is 18.2 Å². The first kappa shape index (κ1) is 17.8. The van der Waals surface area contributed by atoms with Gasteiger partial charge in [-0.2, -0.15) is 0 Å². The van der Waals surface area contributed by atoms with Crippen LogP contribution in [0.2, 0.25) is 5.02 Å². The molecule has 1 amide bonds. The lowest BCUT2D eigenvalue weighted by atomic mass is 10.1. The maximum Gasteiger partial charge on any atom is 0.220 e. The van der Waals surface area contributed by atoms with E-state index < -0.39 is 0 Å². The summed E-state index contributed by atoms with van der Waals surface area (Å²) >= 11 is 5.98. The summed E-state index contributed by atoms with van der Waals surface area (Å²) in [5.74, 6) is 0.687. The zero-order chi connectivity index (χ0) is 15.5. The number of hydrogen-bond acceptors (Lipinski definition) is 3. The average molecular weight is 313 g/mol. The first-order chi connectivity index (χ1) is 10.2. The molecular weight excluding hydrogens is 288 g/mol. The predicted molar refractivity (Wildman–Crippen MR) is 86.7 cm³/mol. The van der Waals surface area contributed by atoms with Crippen LogP contribution in [-0.2, 0) is 4.79 Å². The molecule has 0 saturated carbocycles. The third kappa shape index (κ3) is 7.34. The maximum absolute atomic E-state index is 11.8. The van der Waals surface area contributed by atoms with E-state index in [-0.39, 0.29) is 11.9 Å². The normalized spacial score (nSPS) is 12.0. The van der Waals surface area contributed by atoms with Crippen LogP contribution in [-0.4, -0.2) is 25.1 Å². The second-order valence-corrected chi connectivity index (χ2v) is 5.43. The number of hydrogen-bond donors (Lipinski definition) is 2. The molecule has 0 aliphatic heterocycles. The second kappa shape index (κ2) is 10.5. The van der Waals surface area contributed by atoms with E-state index in [1.165, 1.54) is 0 Å². The second-order valence-electron chi connectivity index (χ2n) is 5.02. The molecule has 1 rings (SSSR count). The summed E-state index contributed by atoms with van der Waals surface area (Å²) in [6.07, 6.45) is 4.22. The summed E-state index contributed by atoms with van der Waals surface area (Å²) in [6, 6.07) is 7.40. The summed E-state index contributed by atoms with van der Waals surface area (Å²) in [5.41, 5.74) is 5.66. The minimum Gasteiger partial charge on any atom is -0.492 e. The van der Waals surface area contributed by atoms with Crippen molar-refractivity contribution in [2.45, 2.75) is 45.1 Å². The van der Waals surface area contributed by atoms with E-state index in [9.17, 15) is 4.79 Å². The van der Waals surface area contributed by atoms with Gasteiger partial charge >= 0.3 is 0 Å². The van der Waals surface area contributed by atoms with Crippen LogP contribution >= 0.6 is 11.6 Å². The van der Waals surface area contributed by atoms with Crippen LogP contribution < -0.4 is 15.8 Å². The molecule has 1 aromatic rings. The fourth-order valence-electron chi connectivity index (χ4n) is 1.98. The first-order valence-corrected chi connectivity index (χ1v) is 7.92. The van der Waals surface area contributed by atoms with E-state index in [1.54, 1.807) is 6.07 Å². The van der Waals surface area contributed by atoms with E-state index in [0.29, 0.717) is 36.8 Å². The van der Waals surface area contributed by atoms with Crippen LogP contribution in [0.1, 0.15) is 39.0 Å². The van der Waals surface area contributed by atoms with Crippen molar-refractivity contribution in [3.05, 3.63) is 29.3 Å². The molecule has 21 heavy (non-hydrogen) atoms. The van der Waals surface area contributed by atoms with Crippen molar-refractivity contribution in [2.75, 3.05) is 13.2 Å². The highest BCUT2D eigenvalue weighted by Gasteiger charge is 2.10. The Morgan fingerprint density at radius 1 is 1.38 bits per heavy atom. The largest absolute Gasteiger partial charge is 0.492 e. The lowest BCUT2D eigenvalue weighted by molar-refractivity contribution is -0.122. The average Bonchev–Trinajstić information content (AvgIpc) is 2.49. The Morgan fingerprint density at radius 2 is 2.14 bits per heavy atom. The highest BCUT2D eigenvalue weighted by molar-refractivity contribution is 6.32. The van der Waals surface area contributed by atoms with Gasteiger partial charge in [0.15, 0.2) is 0 Å². The molecular formula is C16H25ClN2O2. The molecule has 0 spiro atoms. The van der Waals surface area contributed by atoms with Crippen molar-refractivity contribution in [1.29, 1.82) is 0 Å². The Labute approximate surface area is 132 Å². The summed E-state index contributed by atoms with van der Waals surface area (Å²) in [6.45, 7) is 3.09. The van der Waals surface area contributed by atoms with Gasteiger partial charge < -0.3 is 15.8 Å². The van der Waals surface area contributed by atoms with E-state index >= 15 is 0 Å². The highest BCUT2D eigenvalue weighted by Crippen LogP contribution is 2.23. The minimum atomic E-state index is 0.0318. The number of rotatable bonds is 10. The summed E-state index contributed by atoms with van der Waals surface area (Å²) in [4.78, 5) is 11.8. The number of nitrogens with two attached hydrogens (primary N) is 1. The smallest absolute Gasteiger partial charge is 0.220 e. The molecule has 0 aliphatic carbocycles. The topological polar surface area (TPSA) is 64.3 Å². The van der Waals surface area contributed by atoms with Crippen LogP contribution in [0.5, 0.6) is 5.75 Å². The zero-order valence-electron chi connectivity index (χ0n) is 12.6. The SMILES string of the molecule is CCCCC(CN)NC(=O)CCCOc1ccccc1Cl. The van der Waals surface area contributed by atoms with Crippen LogP contribution in [0, 0.1) is 0 Å². The van der Waals surface area contributed by atoms with E-state index in [0.717, 1.165) is 19.3 Å². The van der Waals surface area contributed by atoms with Crippen LogP contribution in [0.25, 0.3) is 0 Å². The van der Waals surface area contributed by atoms with Crippen molar-refractivity contribution < 1.29 is 9.53 Å². The standard InChI is InChI=1S/C16H25ClN2O2/c1-2-3-7-13(12-18)19-16(20)10-6-11-21-15-9-5-4-8-14(15)17/h4-5,8-9,13H,2-3,6-7,10-12,18H2,1H3,(H,19,20). The number of nitrogens with one attached hydrogen (secondary N) is 1. The molecule has 5 heteroatoms. The Hall–Kier alpha value is -1.26. The first-order valence-electron chi connectivity index (χ1n) is 7.54. The molecule has 1 unspecified atom stereocenters. The maximum atomic E-state index is 11.8. The van der Waals surface area contributed by atoms with Crippen LogP contribution in [0.3, 0.4) is 0 Å². The highest BCUT2D eigenvalue weighted by atomic mass is 35.5. The lowest BCUT2D eigenvalue weighted by Crippen LogP contribution is -2.40. The molecule has 1 aromatic carbocycles. The van der Waals surface area contributed by atoms with Crippen molar-refractivity contribution in [2.24, 2.45) is 5.73 Å². The molecule has 3 N–H and O–H groups in total. The van der Waals surface area contributed by atoms with E-state index in [2.05, 4.69) is 12.2 Å². The third-order valence-corrected chi connectivity index (χ3v) is 3.51. The van der Waals surface area contributed by atoms with Crippen molar-refractivity contribution in [1.82, 2.24) is 5.32 Å². The molecule has 0 heterocycles. The Balaban J connectivity index is 2.20. The number of ether oxygens (including phenoxy) is 1. The van der Waals surface area contributed by atoms with E-state index in [4.69, 9.17) is 22.1 Å². The molecule has 4 nitrogen and oxygen atoms in total. The van der Waals surface area contributed by atoms with Crippen LogP contribution in [0.4, 0.5) is 0 Å². The van der Waals surface area contributed by atoms with Crippen LogP contribution in [0.15, 0.2) is 24.3 Å². The van der Waals surface area contributed by atoms with Gasteiger partial charge in [-0.05, 0) is 25.0 Å². The minimum absolute atomic E-state index is 0.0318. The zero-order valence-corrected chi connectivity index (χ0v) is 13.4. The summed E-state index contributed by atoms with van der Waals surface area (Å²) in [7, 11) is 0. The number of benzene rings is 1. The van der Waals surface area contributed by atoms with Crippen molar-refractivity contribution in [3.8, 4) is 5.75 Å². The predicted octanol–water partition coefficient (Wildman–Crippen LogP) is 3.13. The summed E-state index contributed by atoms with van der Waals surface area (Å²) in [5, 5.41) is 3.55. The Kier molecular flexibility index (Phi) is 8.87. The van der Waals surface area contributed by atoms with Gasteiger partial charge in [0.2, 0.25) is 5.91 Å². The Bertz CT molecular complexity index is 426. The van der Waals surface area contributed by atoms with Crippen molar-refractivity contribution >= 4 is 17.5 Å². The monoisotopic (exact) mass is 312 g/mol. The molecule has 0 aromatic heterocycles. The molecule has 118 valence electrons. The fourth-order valence-corrected chi connectivity index (χ4v) is 2.17. The molecule has 0 aliphatic rings. The van der Waals surface area contributed by atoms with Gasteiger partial charge in [-0.3, -0.25) is 4.79 Å². The number of carbonyl (C=O) groups excluding carboxylic acids is 1. The molecule has 0 radical (unpaired) electrons. The van der Waals surface area contributed by atoms with Gasteiger partial charge in [0.1, 0.15) is 5.75 Å². The molecule has 0 saturated heterocycles. The quantitative estimate of drug-likeness (QED) is 0.652. The van der Waals surface area contributed by atoms with Gasteiger partial charge in [0.05, 0.1) is 11.6 Å². The number of unbranched alkanes of at least 4 members (excludes halogenated alkanes) is 1. The fraction of sp³-hybridized carbons (Fsp3) is 0.562. The number of halogens is 1. The third-order valence-electron chi connectivity index (χ3n) is 3.20. The lowest BCUT2D eigenvalue weighted by Gasteiger charge is -2.16. The Morgan fingerprint density at radius 3 is 2.81 bits per heavy atom. The van der Waals surface area contributed by atoms with Gasteiger partial charge in [-0.1, -0.05) is 43.5 Å². The number of carbonyl (C=O) groups is 1.